The average Bonchev–Trinajstić information content (AvgIpc) is 3.14. The van der Waals surface area contributed by atoms with Crippen molar-refractivity contribution in [3.8, 4) is 5.75 Å². The van der Waals surface area contributed by atoms with E-state index in [-0.39, 0.29) is 23.5 Å². The molecule has 1 aliphatic heterocycles. The summed E-state index contributed by atoms with van der Waals surface area (Å²) in [6, 6.07) is 5.91. The first-order chi connectivity index (χ1) is 11.9. The van der Waals surface area contributed by atoms with E-state index in [1.165, 1.54) is 11.8 Å². The largest absolute Gasteiger partial charge is 0.481 e. The maximum Gasteiger partial charge on any atom is 0.326 e. The Morgan fingerprint density at radius 1 is 1.28 bits per heavy atom. The van der Waals surface area contributed by atoms with Crippen LogP contribution in [0.25, 0.3) is 0 Å². The number of carbonyl (C=O) groups is 3. The Labute approximate surface area is 146 Å². The van der Waals surface area contributed by atoms with Crippen molar-refractivity contribution in [1.82, 2.24) is 4.90 Å². The highest BCUT2D eigenvalue weighted by Gasteiger charge is 2.50. The van der Waals surface area contributed by atoms with Gasteiger partial charge in [-0.1, -0.05) is 18.6 Å². The summed E-state index contributed by atoms with van der Waals surface area (Å²) in [4.78, 5) is 37.4. The van der Waals surface area contributed by atoms with E-state index in [1.54, 1.807) is 31.2 Å². The predicted molar refractivity (Wildman–Crippen MR) is 90.5 cm³/mol. The summed E-state index contributed by atoms with van der Waals surface area (Å²) in [5.41, 5.74) is 0.510. The lowest BCUT2D eigenvalue weighted by Gasteiger charge is -2.27. The van der Waals surface area contributed by atoms with Crippen molar-refractivity contribution >= 4 is 17.7 Å². The summed E-state index contributed by atoms with van der Waals surface area (Å²) < 4.78 is 5.69. The minimum Gasteiger partial charge on any atom is -0.481 e. The third kappa shape index (κ3) is 3.38. The fraction of sp³-hybridized carbons (Fsp3) is 0.526. The van der Waals surface area contributed by atoms with E-state index in [0.29, 0.717) is 17.9 Å². The Morgan fingerprint density at radius 2 is 2.04 bits per heavy atom. The molecule has 1 N–H and O–H groups in total. The smallest absolute Gasteiger partial charge is 0.326 e. The zero-order valence-electron chi connectivity index (χ0n) is 14.5. The van der Waals surface area contributed by atoms with E-state index in [2.05, 4.69) is 0 Å². The molecule has 0 aromatic heterocycles. The molecule has 134 valence electrons. The molecule has 1 saturated heterocycles. The van der Waals surface area contributed by atoms with E-state index in [9.17, 15) is 19.5 Å². The van der Waals surface area contributed by atoms with Gasteiger partial charge in [-0.25, -0.2) is 4.79 Å². The second-order valence-electron chi connectivity index (χ2n) is 6.97. The second-order valence-corrected chi connectivity index (χ2v) is 6.97. The molecule has 0 radical (unpaired) electrons. The number of nitrogens with zero attached hydrogens (tertiary/aromatic N) is 1. The Morgan fingerprint density at radius 3 is 2.72 bits per heavy atom. The monoisotopic (exact) mass is 345 g/mol. The van der Waals surface area contributed by atoms with Crippen LogP contribution in [0, 0.1) is 11.8 Å². The zero-order chi connectivity index (χ0) is 18.1. The first-order valence-electron chi connectivity index (χ1n) is 8.69. The number of rotatable bonds is 5. The molecule has 25 heavy (non-hydrogen) atoms. The number of likely N-dealkylation sites (tertiary alicyclic amines) is 1. The van der Waals surface area contributed by atoms with Gasteiger partial charge in [0.2, 0.25) is 0 Å². The number of ketones is 1. The van der Waals surface area contributed by atoms with Crippen molar-refractivity contribution in [2.24, 2.45) is 11.8 Å². The summed E-state index contributed by atoms with van der Waals surface area (Å²) in [7, 11) is 0. The van der Waals surface area contributed by atoms with E-state index in [4.69, 9.17) is 4.74 Å². The van der Waals surface area contributed by atoms with Gasteiger partial charge in [0.25, 0.3) is 5.91 Å². The maximum absolute atomic E-state index is 12.8. The summed E-state index contributed by atoms with van der Waals surface area (Å²) >= 11 is 0. The number of fused-ring (bicyclic) bond motifs is 1. The number of hydrogen-bond acceptors (Lipinski definition) is 4. The number of benzene rings is 1. The minimum absolute atomic E-state index is 0.0506. The van der Waals surface area contributed by atoms with Crippen molar-refractivity contribution in [2.75, 3.05) is 6.54 Å². The van der Waals surface area contributed by atoms with Crippen LogP contribution in [0.1, 0.15) is 43.5 Å². The molecule has 1 aromatic rings. The van der Waals surface area contributed by atoms with Crippen molar-refractivity contribution in [2.45, 2.75) is 45.3 Å². The van der Waals surface area contributed by atoms with Crippen LogP contribution in [0.5, 0.6) is 5.75 Å². The topological polar surface area (TPSA) is 83.9 Å². The van der Waals surface area contributed by atoms with Crippen molar-refractivity contribution in [3.63, 3.8) is 0 Å². The second kappa shape index (κ2) is 6.86. The number of carbonyl (C=O) groups excluding carboxylic acids is 2. The van der Waals surface area contributed by atoms with Crippen LogP contribution in [0.15, 0.2) is 24.3 Å². The summed E-state index contributed by atoms with van der Waals surface area (Å²) in [5.74, 6) is -0.570. The average molecular weight is 345 g/mol. The number of hydrogen-bond donors (Lipinski definition) is 1. The first-order valence-corrected chi connectivity index (χ1v) is 8.69. The molecule has 6 heteroatoms. The van der Waals surface area contributed by atoms with Gasteiger partial charge in [-0.3, -0.25) is 9.59 Å². The summed E-state index contributed by atoms with van der Waals surface area (Å²) in [6.45, 7) is 3.57. The number of carboxylic acid groups (broad SMARTS) is 1. The van der Waals surface area contributed by atoms with Gasteiger partial charge < -0.3 is 14.7 Å². The molecular formula is C19H23NO5. The lowest BCUT2D eigenvalue weighted by Crippen LogP contribution is -2.48. The molecule has 4 unspecified atom stereocenters. The molecule has 2 fully saturated rings. The molecule has 3 rings (SSSR count). The standard InChI is InChI=1S/C19H23NO5/c1-11(21)13-5-3-7-15(9-13)25-12(2)18(22)20-10-14-6-4-8-16(14)17(20)19(23)24/h3,5,7,9,12,14,16-17H,4,6,8,10H2,1-2H3,(H,23,24). The van der Waals surface area contributed by atoms with Crippen LogP contribution < -0.4 is 4.74 Å². The Bertz CT molecular complexity index is 701. The molecule has 0 spiro atoms. The Balaban J connectivity index is 1.73. The zero-order valence-corrected chi connectivity index (χ0v) is 14.5. The van der Waals surface area contributed by atoms with E-state index >= 15 is 0 Å². The third-order valence-electron chi connectivity index (χ3n) is 5.33. The molecule has 1 aromatic carbocycles. The van der Waals surface area contributed by atoms with Crippen LogP contribution >= 0.6 is 0 Å². The van der Waals surface area contributed by atoms with E-state index in [1.807, 2.05) is 0 Å². The SMILES string of the molecule is CC(=O)c1cccc(OC(C)C(=O)N2CC3CCCC3C2C(=O)O)c1. The summed E-state index contributed by atoms with van der Waals surface area (Å²) in [5, 5.41) is 9.58. The highest BCUT2D eigenvalue weighted by molar-refractivity contribution is 5.94. The van der Waals surface area contributed by atoms with Crippen LogP contribution in [-0.2, 0) is 9.59 Å². The number of amides is 1. The molecule has 4 atom stereocenters. The highest BCUT2D eigenvalue weighted by Crippen LogP contribution is 2.42. The van der Waals surface area contributed by atoms with E-state index < -0.39 is 18.1 Å². The molecule has 1 heterocycles. The molecule has 1 saturated carbocycles. The molecule has 2 aliphatic rings. The van der Waals surface area contributed by atoms with E-state index in [0.717, 1.165) is 19.3 Å². The predicted octanol–water partition coefficient (Wildman–Crippen LogP) is 2.37. The fourth-order valence-electron chi connectivity index (χ4n) is 4.13. The van der Waals surface area contributed by atoms with Crippen molar-refractivity contribution in [3.05, 3.63) is 29.8 Å². The van der Waals surface area contributed by atoms with Gasteiger partial charge in [-0.05, 0) is 50.7 Å². The lowest BCUT2D eigenvalue weighted by atomic mass is 9.94. The molecule has 1 amide bonds. The fourth-order valence-corrected chi connectivity index (χ4v) is 4.13. The van der Waals surface area contributed by atoms with Crippen molar-refractivity contribution in [1.29, 1.82) is 0 Å². The minimum atomic E-state index is -0.937. The van der Waals surface area contributed by atoms with Gasteiger partial charge in [-0.2, -0.15) is 0 Å². The maximum atomic E-state index is 12.8. The number of carboxylic acids is 1. The van der Waals surface area contributed by atoms with Gasteiger partial charge in [-0.15, -0.1) is 0 Å². The molecule has 6 nitrogen and oxygen atoms in total. The third-order valence-corrected chi connectivity index (χ3v) is 5.33. The molecule has 1 aliphatic carbocycles. The van der Waals surface area contributed by atoms with Crippen LogP contribution in [0.3, 0.4) is 0 Å². The highest BCUT2D eigenvalue weighted by atomic mass is 16.5. The molecular weight excluding hydrogens is 322 g/mol. The van der Waals surface area contributed by atoms with Gasteiger partial charge in [0, 0.05) is 12.1 Å². The quantitative estimate of drug-likeness (QED) is 0.828. The number of ether oxygens (including phenoxy) is 1. The van der Waals surface area contributed by atoms with Crippen LogP contribution in [0.2, 0.25) is 0 Å². The van der Waals surface area contributed by atoms with Gasteiger partial charge in [0.1, 0.15) is 11.8 Å². The summed E-state index contributed by atoms with van der Waals surface area (Å²) in [6.07, 6.45) is 2.07. The van der Waals surface area contributed by atoms with Crippen LogP contribution in [-0.4, -0.2) is 46.4 Å². The normalized spacial score (nSPS) is 26.2. The van der Waals surface area contributed by atoms with Gasteiger partial charge in [0.15, 0.2) is 11.9 Å². The Hall–Kier alpha value is -2.37. The number of Topliss-reactive ketones (excluding diaryl/α,β-unsaturated/α-hetero) is 1. The first kappa shape index (κ1) is 17.5. The van der Waals surface area contributed by atoms with Crippen LogP contribution in [0.4, 0.5) is 0 Å². The number of aliphatic carboxylic acids is 1. The van der Waals surface area contributed by atoms with Gasteiger partial charge in [0.05, 0.1) is 0 Å². The van der Waals surface area contributed by atoms with Gasteiger partial charge >= 0.3 is 5.97 Å². The lowest BCUT2D eigenvalue weighted by molar-refractivity contribution is -0.152. The Kier molecular flexibility index (Phi) is 4.79. The molecule has 0 bridgehead atoms. The van der Waals surface area contributed by atoms with Crippen molar-refractivity contribution < 1.29 is 24.2 Å².